The van der Waals surface area contributed by atoms with Crippen LogP contribution >= 0.6 is 0 Å². The molecule has 2 aliphatic rings. The number of nitroso groups, excluding NO2 is 1. The second-order valence-electron chi connectivity index (χ2n) is 6.36. The average Bonchev–Trinajstić information content (AvgIpc) is 2.68. The molecule has 1 aromatic carbocycles. The van der Waals surface area contributed by atoms with Crippen LogP contribution in [-0.2, 0) is 4.74 Å². The van der Waals surface area contributed by atoms with Crippen LogP contribution < -0.4 is 5.32 Å². The molecular weight excluding hydrogens is 314 g/mol. The highest BCUT2D eigenvalue weighted by Gasteiger charge is 2.29. The predicted octanol–water partition coefficient (Wildman–Crippen LogP) is 4.02. The number of benzene rings is 1. The van der Waals surface area contributed by atoms with Gasteiger partial charge in [-0.3, -0.25) is 5.32 Å². The van der Waals surface area contributed by atoms with Gasteiger partial charge in [-0.25, -0.2) is 0 Å². The third kappa shape index (κ3) is 4.18. The number of allylic oxidation sites excluding steroid dienone is 1. The number of hydrogen-bond acceptors (Lipinski definition) is 5. The number of rotatable bonds is 6. The predicted molar refractivity (Wildman–Crippen MR) is 100 cm³/mol. The zero-order valence-corrected chi connectivity index (χ0v) is 14.2. The largest absolute Gasteiger partial charge is 0.363 e. The molecule has 0 spiro atoms. The summed E-state index contributed by atoms with van der Waals surface area (Å²) in [5, 5.41) is 15.1. The highest BCUT2D eigenvalue weighted by molar-refractivity contribution is 6.02. The van der Waals surface area contributed by atoms with E-state index >= 15 is 0 Å². The quantitative estimate of drug-likeness (QED) is 0.608. The van der Waals surface area contributed by atoms with Gasteiger partial charge in [0.25, 0.3) is 0 Å². The standard InChI is InChI=1S/C20H23N3O2/c1-2-14-6-5-7-15(12-14)20(21)17-10-9-16(23-24)13-18(17)22-19-8-3-4-11-25-19/h2,5-7,9-10,12-13,17-19,21-22H,1,3-4,8,11H2. The first-order valence-electron chi connectivity index (χ1n) is 8.63. The first kappa shape index (κ1) is 17.5. The van der Waals surface area contributed by atoms with E-state index in [2.05, 4.69) is 17.1 Å². The maximum atomic E-state index is 10.9. The van der Waals surface area contributed by atoms with Gasteiger partial charge in [-0.1, -0.05) is 36.9 Å². The van der Waals surface area contributed by atoms with Gasteiger partial charge >= 0.3 is 0 Å². The molecule has 3 atom stereocenters. The Kier molecular flexibility index (Phi) is 5.68. The third-order valence-corrected chi connectivity index (χ3v) is 4.64. The molecule has 1 saturated heterocycles. The van der Waals surface area contributed by atoms with Crippen LogP contribution in [0.3, 0.4) is 0 Å². The minimum Gasteiger partial charge on any atom is -0.363 e. The molecule has 1 aliphatic heterocycles. The van der Waals surface area contributed by atoms with Crippen molar-refractivity contribution >= 4 is 11.8 Å². The summed E-state index contributed by atoms with van der Waals surface area (Å²) in [6.07, 6.45) is 10.2. The van der Waals surface area contributed by atoms with Crippen LogP contribution in [0.15, 0.2) is 59.9 Å². The van der Waals surface area contributed by atoms with Gasteiger partial charge in [0, 0.05) is 24.3 Å². The molecule has 25 heavy (non-hydrogen) atoms. The zero-order chi connectivity index (χ0) is 17.6. The Balaban J connectivity index is 1.82. The Morgan fingerprint density at radius 1 is 1.40 bits per heavy atom. The summed E-state index contributed by atoms with van der Waals surface area (Å²) < 4.78 is 5.76. The van der Waals surface area contributed by atoms with E-state index in [-0.39, 0.29) is 18.2 Å². The first-order valence-corrected chi connectivity index (χ1v) is 8.63. The van der Waals surface area contributed by atoms with Gasteiger partial charge in [0.05, 0.1) is 0 Å². The van der Waals surface area contributed by atoms with E-state index in [1.54, 1.807) is 18.2 Å². The highest BCUT2D eigenvalue weighted by atomic mass is 16.5. The van der Waals surface area contributed by atoms with Crippen molar-refractivity contribution in [3.05, 3.63) is 70.8 Å². The van der Waals surface area contributed by atoms with Crippen LogP contribution in [0, 0.1) is 16.2 Å². The molecule has 0 saturated carbocycles. The summed E-state index contributed by atoms with van der Waals surface area (Å²) in [5.74, 6) is -0.184. The molecule has 0 aromatic heterocycles. The molecule has 0 radical (unpaired) electrons. The molecule has 3 unspecified atom stereocenters. The summed E-state index contributed by atoms with van der Waals surface area (Å²) >= 11 is 0. The molecule has 1 fully saturated rings. The SMILES string of the molecule is C=Cc1cccc(C(=N)C2C=CC(N=O)=CC2NC2CCCCO2)c1. The molecule has 1 aromatic rings. The smallest absolute Gasteiger partial charge is 0.108 e. The van der Waals surface area contributed by atoms with E-state index in [0.717, 1.165) is 37.0 Å². The van der Waals surface area contributed by atoms with Crippen LogP contribution in [0.1, 0.15) is 30.4 Å². The Hall–Kier alpha value is -2.37. The van der Waals surface area contributed by atoms with Crippen molar-refractivity contribution in [2.75, 3.05) is 6.61 Å². The maximum Gasteiger partial charge on any atom is 0.108 e. The highest BCUT2D eigenvalue weighted by Crippen LogP contribution is 2.24. The summed E-state index contributed by atoms with van der Waals surface area (Å²) in [6, 6.07) is 7.57. The normalized spacial score (nSPS) is 25.9. The van der Waals surface area contributed by atoms with Crippen LogP contribution in [-0.4, -0.2) is 24.6 Å². The van der Waals surface area contributed by atoms with E-state index < -0.39 is 0 Å². The third-order valence-electron chi connectivity index (χ3n) is 4.64. The minimum absolute atomic E-state index is 0.0517. The van der Waals surface area contributed by atoms with Gasteiger partial charge in [0.15, 0.2) is 0 Å². The monoisotopic (exact) mass is 337 g/mol. The molecule has 1 aliphatic carbocycles. The molecule has 2 N–H and O–H groups in total. The lowest BCUT2D eigenvalue weighted by molar-refractivity contribution is -0.0105. The lowest BCUT2D eigenvalue weighted by Gasteiger charge is -2.32. The Morgan fingerprint density at radius 2 is 2.28 bits per heavy atom. The molecular formula is C20H23N3O2. The van der Waals surface area contributed by atoms with Crippen molar-refractivity contribution in [3.63, 3.8) is 0 Å². The van der Waals surface area contributed by atoms with Crippen molar-refractivity contribution in [2.45, 2.75) is 31.5 Å². The Morgan fingerprint density at radius 3 is 3.00 bits per heavy atom. The van der Waals surface area contributed by atoms with Gasteiger partial charge < -0.3 is 10.1 Å². The molecule has 0 bridgehead atoms. The summed E-state index contributed by atoms with van der Waals surface area (Å²) in [4.78, 5) is 10.9. The fraction of sp³-hybridized carbons (Fsp3) is 0.350. The van der Waals surface area contributed by atoms with E-state index in [1.807, 2.05) is 30.3 Å². The number of nitrogens with one attached hydrogen (secondary N) is 2. The summed E-state index contributed by atoms with van der Waals surface area (Å²) in [6.45, 7) is 4.53. The van der Waals surface area contributed by atoms with E-state index in [0.29, 0.717) is 11.4 Å². The lowest BCUT2D eigenvalue weighted by atomic mass is 9.85. The zero-order valence-electron chi connectivity index (χ0n) is 14.2. The number of ether oxygens (including phenoxy) is 1. The minimum atomic E-state index is -0.194. The number of nitrogens with zero attached hydrogens (tertiary/aromatic N) is 1. The summed E-state index contributed by atoms with van der Waals surface area (Å²) in [7, 11) is 0. The van der Waals surface area contributed by atoms with Crippen molar-refractivity contribution in [2.24, 2.45) is 11.1 Å². The van der Waals surface area contributed by atoms with E-state index in [4.69, 9.17) is 10.1 Å². The molecule has 5 nitrogen and oxygen atoms in total. The van der Waals surface area contributed by atoms with Crippen LogP contribution in [0.2, 0.25) is 0 Å². The van der Waals surface area contributed by atoms with Gasteiger partial charge in [0.1, 0.15) is 11.9 Å². The van der Waals surface area contributed by atoms with Crippen molar-refractivity contribution in [3.8, 4) is 0 Å². The molecule has 130 valence electrons. The molecule has 1 heterocycles. The van der Waals surface area contributed by atoms with Crippen molar-refractivity contribution < 1.29 is 4.74 Å². The fourth-order valence-electron chi connectivity index (χ4n) is 3.27. The van der Waals surface area contributed by atoms with Gasteiger partial charge in [-0.2, -0.15) is 0 Å². The van der Waals surface area contributed by atoms with Crippen LogP contribution in [0.25, 0.3) is 6.08 Å². The molecule has 3 rings (SSSR count). The Bertz CT molecular complexity index is 717. The topological polar surface area (TPSA) is 74.5 Å². The van der Waals surface area contributed by atoms with Crippen LogP contribution in [0.4, 0.5) is 0 Å². The molecule has 0 amide bonds. The fourth-order valence-corrected chi connectivity index (χ4v) is 3.27. The van der Waals surface area contributed by atoms with Crippen LogP contribution in [0.5, 0.6) is 0 Å². The second-order valence-corrected chi connectivity index (χ2v) is 6.36. The van der Waals surface area contributed by atoms with E-state index in [1.165, 1.54) is 0 Å². The second kappa shape index (κ2) is 8.14. The number of hydrogen-bond donors (Lipinski definition) is 2. The average molecular weight is 337 g/mol. The van der Waals surface area contributed by atoms with Gasteiger partial charge in [0.2, 0.25) is 0 Å². The summed E-state index contributed by atoms with van der Waals surface area (Å²) in [5.41, 5.74) is 2.71. The Labute approximate surface area is 148 Å². The van der Waals surface area contributed by atoms with Gasteiger partial charge in [-0.05, 0) is 53.8 Å². The molecule has 5 heteroatoms. The lowest BCUT2D eigenvalue weighted by Crippen LogP contribution is -2.46. The maximum absolute atomic E-state index is 10.9. The van der Waals surface area contributed by atoms with Crippen molar-refractivity contribution in [1.29, 1.82) is 5.41 Å². The van der Waals surface area contributed by atoms with E-state index in [9.17, 15) is 4.91 Å². The first-order chi connectivity index (χ1) is 12.2. The van der Waals surface area contributed by atoms with Gasteiger partial charge in [-0.15, -0.1) is 4.91 Å². The van der Waals surface area contributed by atoms with Crippen molar-refractivity contribution in [1.82, 2.24) is 5.32 Å².